The molecule has 0 atom stereocenters. The van der Waals surface area contributed by atoms with E-state index in [9.17, 15) is 4.79 Å². The fraction of sp³-hybridized carbons (Fsp3) is 0.500. The lowest BCUT2D eigenvalue weighted by Crippen LogP contribution is -2.26. The molecule has 0 aromatic heterocycles. The smallest absolute Gasteiger partial charge is 0.220 e. The molecule has 3 heteroatoms. The van der Waals surface area contributed by atoms with Crippen LogP contribution in [0.2, 0.25) is 0 Å². The van der Waals surface area contributed by atoms with Crippen LogP contribution in [0.4, 0.5) is 0 Å². The Kier molecular flexibility index (Phi) is 22.2. The van der Waals surface area contributed by atoms with Crippen LogP contribution in [0.15, 0.2) is 72.9 Å². The number of ether oxygens (including phenoxy) is 1. The van der Waals surface area contributed by atoms with Gasteiger partial charge in [-0.1, -0.05) is 79.8 Å². The Labute approximate surface area is 179 Å². The van der Waals surface area contributed by atoms with Crippen LogP contribution in [0.3, 0.4) is 0 Å². The third-order valence-corrected chi connectivity index (χ3v) is 3.91. The molecule has 0 heterocycles. The highest BCUT2D eigenvalue weighted by molar-refractivity contribution is 5.75. The molecule has 0 radical (unpaired) electrons. The van der Waals surface area contributed by atoms with E-state index in [1.54, 1.807) is 0 Å². The van der Waals surface area contributed by atoms with E-state index in [0.29, 0.717) is 26.2 Å². The minimum atomic E-state index is 0.0873. The molecule has 162 valence electrons. The molecule has 0 unspecified atom stereocenters. The van der Waals surface area contributed by atoms with Gasteiger partial charge in [-0.25, -0.2) is 0 Å². The van der Waals surface area contributed by atoms with Gasteiger partial charge in [-0.2, -0.15) is 0 Å². The molecule has 0 saturated carbocycles. The fourth-order valence-corrected chi connectivity index (χ4v) is 2.35. The van der Waals surface area contributed by atoms with Crippen molar-refractivity contribution in [2.45, 2.75) is 65.2 Å². The third-order valence-electron chi connectivity index (χ3n) is 3.91. The van der Waals surface area contributed by atoms with E-state index in [1.807, 2.05) is 6.92 Å². The van der Waals surface area contributed by atoms with Crippen molar-refractivity contribution >= 4 is 5.91 Å². The second-order valence-corrected chi connectivity index (χ2v) is 6.50. The normalized spacial score (nSPS) is 12.8. The van der Waals surface area contributed by atoms with Crippen molar-refractivity contribution in [3.63, 3.8) is 0 Å². The van der Waals surface area contributed by atoms with E-state index in [2.05, 4.69) is 85.2 Å². The molecule has 1 amide bonds. The molecule has 0 aliphatic heterocycles. The van der Waals surface area contributed by atoms with Crippen LogP contribution in [-0.2, 0) is 9.53 Å². The van der Waals surface area contributed by atoms with Gasteiger partial charge in [0.1, 0.15) is 0 Å². The van der Waals surface area contributed by atoms with Gasteiger partial charge in [0, 0.05) is 19.6 Å². The lowest BCUT2D eigenvalue weighted by atomic mass is 10.2. The van der Waals surface area contributed by atoms with Crippen LogP contribution < -0.4 is 5.32 Å². The van der Waals surface area contributed by atoms with Gasteiger partial charge in [-0.15, -0.1) is 0 Å². The van der Waals surface area contributed by atoms with E-state index in [0.717, 1.165) is 44.9 Å². The van der Waals surface area contributed by atoms with Crippen molar-refractivity contribution in [3.05, 3.63) is 72.9 Å². The van der Waals surface area contributed by atoms with Crippen LogP contribution in [0.25, 0.3) is 0 Å². The fourth-order valence-electron chi connectivity index (χ4n) is 2.35. The number of carbonyl (C=O) groups excluding carboxylic acids is 1. The highest BCUT2D eigenvalue weighted by Crippen LogP contribution is 1.97. The molecule has 0 aromatic rings. The highest BCUT2D eigenvalue weighted by Gasteiger charge is 1.97. The summed E-state index contributed by atoms with van der Waals surface area (Å²) in [6.07, 6.45) is 33.5. The average molecular weight is 400 g/mol. The molecule has 0 aliphatic rings. The zero-order valence-electron chi connectivity index (χ0n) is 18.5. The number of nitrogens with one attached hydrogen (secondary N) is 1. The van der Waals surface area contributed by atoms with Crippen molar-refractivity contribution in [2.75, 3.05) is 19.8 Å². The van der Waals surface area contributed by atoms with Gasteiger partial charge < -0.3 is 10.1 Å². The minimum Gasteiger partial charge on any atom is -0.380 e. The van der Waals surface area contributed by atoms with Gasteiger partial charge in [0.15, 0.2) is 0 Å². The maximum Gasteiger partial charge on any atom is 0.220 e. The van der Waals surface area contributed by atoms with Gasteiger partial charge in [-0.05, 0) is 51.9 Å². The Morgan fingerprint density at radius 3 is 1.59 bits per heavy atom. The summed E-state index contributed by atoms with van der Waals surface area (Å²) >= 11 is 0. The average Bonchev–Trinajstić information content (AvgIpc) is 2.73. The summed E-state index contributed by atoms with van der Waals surface area (Å²) in [5.74, 6) is 0.0873. The van der Waals surface area contributed by atoms with Crippen molar-refractivity contribution in [2.24, 2.45) is 0 Å². The lowest BCUT2D eigenvalue weighted by molar-refractivity contribution is -0.121. The Morgan fingerprint density at radius 1 is 0.690 bits per heavy atom. The van der Waals surface area contributed by atoms with Crippen LogP contribution in [0, 0.1) is 0 Å². The van der Waals surface area contributed by atoms with E-state index in [4.69, 9.17) is 4.74 Å². The summed E-state index contributed by atoms with van der Waals surface area (Å²) in [6, 6.07) is 0. The molecule has 0 spiro atoms. The molecule has 3 nitrogen and oxygen atoms in total. The number of allylic oxidation sites excluding steroid dienone is 12. The van der Waals surface area contributed by atoms with Crippen LogP contribution >= 0.6 is 0 Å². The molecule has 0 bridgehead atoms. The zero-order chi connectivity index (χ0) is 21.3. The van der Waals surface area contributed by atoms with Gasteiger partial charge >= 0.3 is 0 Å². The van der Waals surface area contributed by atoms with E-state index < -0.39 is 0 Å². The number of rotatable bonds is 18. The molecule has 29 heavy (non-hydrogen) atoms. The Hall–Kier alpha value is -2.13. The van der Waals surface area contributed by atoms with E-state index in [-0.39, 0.29) is 5.91 Å². The molecule has 1 N–H and O–H groups in total. The zero-order valence-corrected chi connectivity index (χ0v) is 18.5. The number of amides is 1. The van der Waals surface area contributed by atoms with Crippen LogP contribution in [-0.4, -0.2) is 25.7 Å². The molecule has 0 aromatic carbocycles. The maximum absolute atomic E-state index is 11.6. The third kappa shape index (κ3) is 23.8. The summed E-state index contributed by atoms with van der Waals surface area (Å²) in [6.45, 7) is 5.97. The van der Waals surface area contributed by atoms with Gasteiger partial charge in [0.25, 0.3) is 0 Å². The second-order valence-electron chi connectivity index (χ2n) is 6.50. The number of hydrogen-bond donors (Lipinski definition) is 1. The predicted molar refractivity (Wildman–Crippen MR) is 127 cm³/mol. The molecule has 0 fully saturated rings. The van der Waals surface area contributed by atoms with Gasteiger partial charge in [-0.3, -0.25) is 4.79 Å². The minimum absolute atomic E-state index is 0.0873. The summed E-state index contributed by atoms with van der Waals surface area (Å²) in [7, 11) is 0. The SMILES string of the molecule is CC/C=C\C/C=C\C/C=C\C/C=C\C/C=C\C/C=C\CCC(=O)NCCOCC. The van der Waals surface area contributed by atoms with Gasteiger partial charge in [0.2, 0.25) is 5.91 Å². The van der Waals surface area contributed by atoms with E-state index in [1.165, 1.54) is 0 Å². The van der Waals surface area contributed by atoms with Crippen molar-refractivity contribution in [1.82, 2.24) is 5.32 Å². The standard InChI is InChI=1S/C26H41NO2/c1-3-5-6-7-8-9-10-11-12-13-14-15-16-17-18-19-20-21-22-23-26(28)27-24-25-29-4-2/h5-6,8-9,11-12,14-15,17-18,20-21H,3-4,7,10,13,16,19,22-25H2,1-2H3,(H,27,28)/b6-5-,9-8-,12-11-,15-14-,18-17-,21-20-. The Bertz CT molecular complexity index is 539. The Morgan fingerprint density at radius 2 is 1.14 bits per heavy atom. The summed E-state index contributed by atoms with van der Waals surface area (Å²) in [5.41, 5.74) is 0. The Balaban J connectivity index is 3.54. The van der Waals surface area contributed by atoms with E-state index >= 15 is 0 Å². The summed E-state index contributed by atoms with van der Waals surface area (Å²) < 4.78 is 5.18. The van der Waals surface area contributed by atoms with Crippen molar-refractivity contribution in [1.29, 1.82) is 0 Å². The van der Waals surface area contributed by atoms with Crippen LogP contribution in [0.5, 0.6) is 0 Å². The topological polar surface area (TPSA) is 38.3 Å². The number of carbonyl (C=O) groups is 1. The lowest BCUT2D eigenvalue weighted by Gasteiger charge is -2.03. The van der Waals surface area contributed by atoms with Gasteiger partial charge in [0.05, 0.1) is 6.61 Å². The maximum atomic E-state index is 11.6. The highest BCUT2D eigenvalue weighted by atomic mass is 16.5. The largest absolute Gasteiger partial charge is 0.380 e. The summed E-state index contributed by atoms with van der Waals surface area (Å²) in [4.78, 5) is 11.6. The first kappa shape index (κ1) is 26.9. The first-order chi connectivity index (χ1) is 14.3. The quantitative estimate of drug-likeness (QED) is 0.208. The predicted octanol–water partition coefficient (Wildman–Crippen LogP) is 6.62. The first-order valence-electron chi connectivity index (χ1n) is 11.1. The second kappa shape index (κ2) is 23.9. The monoisotopic (exact) mass is 399 g/mol. The molecule has 0 rings (SSSR count). The molecule has 0 saturated heterocycles. The molecular formula is C26H41NO2. The van der Waals surface area contributed by atoms with Crippen molar-refractivity contribution < 1.29 is 9.53 Å². The number of hydrogen-bond acceptors (Lipinski definition) is 2. The summed E-state index contributed by atoms with van der Waals surface area (Å²) in [5, 5.41) is 2.85. The molecule has 0 aliphatic carbocycles. The first-order valence-corrected chi connectivity index (χ1v) is 11.1. The van der Waals surface area contributed by atoms with Crippen molar-refractivity contribution in [3.8, 4) is 0 Å². The van der Waals surface area contributed by atoms with Crippen LogP contribution in [0.1, 0.15) is 65.2 Å². The molecular weight excluding hydrogens is 358 g/mol.